The van der Waals surface area contributed by atoms with Gasteiger partial charge in [-0.05, 0) is 68.2 Å². The van der Waals surface area contributed by atoms with Crippen molar-refractivity contribution in [3.05, 3.63) is 127 Å². The van der Waals surface area contributed by atoms with Gasteiger partial charge in [-0.15, -0.1) is 0 Å². The summed E-state index contributed by atoms with van der Waals surface area (Å²) in [5, 5.41) is 12.6. The predicted molar refractivity (Wildman–Crippen MR) is 166 cm³/mol. The van der Waals surface area contributed by atoms with Crippen molar-refractivity contribution in [2.75, 3.05) is 5.12 Å². The average molecular weight is 504 g/mol. The van der Waals surface area contributed by atoms with Crippen LogP contribution in [0.3, 0.4) is 0 Å². The van der Waals surface area contributed by atoms with Crippen molar-refractivity contribution in [3.63, 3.8) is 0 Å². The molecule has 0 radical (unpaired) electrons. The lowest BCUT2D eigenvalue weighted by Crippen LogP contribution is -2.34. The molecular formula is C36H29N3. The molecule has 0 aliphatic carbocycles. The van der Waals surface area contributed by atoms with E-state index in [0.29, 0.717) is 0 Å². The molecule has 2 heterocycles. The Balaban J connectivity index is 1.50. The zero-order valence-corrected chi connectivity index (χ0v) is 22.4. The van der Waals surface area contributed by atoms with E-state index < -0.39 is 0 Å². The standard InChI is InChI=1S/C36H29N3/c1-36(2,3)30-18-14-26-13-17-29-33(19-15-27-12-16-28(30)34(26)35(27)29)39(37-22-20-24-8-4-6-10-31(24)37)38-23-21-25-9-5-7-11-32(25)38/h4-23H,1-3H3. The van der Waals surface area contributed by atoms with Gasteiger partial charge in [-0.3, -0.25) is 0 Å². The lowest BCUT2D eigenvalue weighted by molar-refractivity contribution is 0.596. The van der Waals surface area contributed by atoms with Crippen molar-refractivity contribution in [2.45, 2.75) is 26.2 Å². The predicted octanol–water partition coefficient (Wildman–Crippen LogP) is 9.52. The second-order valence-electron chi connectivity index (χ2n) is 11.6. The number of hydrogen-bond acceptors (Lipinski definition) is 1. The molecule has 2 aromatic heterocycles. The summed E-state index contributed by atoms with van der Waals surface area (Å²) in [6.45, 7) is 6.92. The van der Waals surface area contributed by atoms with E-state index in [-0.39, 0.29) is 5.41 Å². The Morgan fingerprint density at radius 1 is 0.487 bits per heavy atom. The van der Waals surface area contributed by atoms with Gasteiger partial charge in [-0.1, -0.05) is 99.6 Å². The van der Waals surface area contributed by atoms with Crippen LogP contribution in [-0.2, 0) is 5.41 Å². The molecule has 0 bridgehead atoms. The van der Waals surface area contributed by atoms with E-state index in [2.05, 4.69) is 157 Å². The summed E-state index contributed by atoms with van der Waals surface area (Å²) in [6.07, 6.45) is 4.35. The molecule has 0 atom stereocenters. The molecule has 0 amide bonds. The highest BCUT2D eigenvalue weighted by Gasteiger charge is 2.23. The van der Waals surface area contributed by atoms with Crippen molar-refractivity contribution in [2.24, 2.45) is 0 Å². The first-order valence-corrected chi connectivity index (χ1v) is 13.6. The van der Waals surface area contributed by atoms with E-state index in [1.165, 1.54) is 48.7 Å². The van der Waals surface area contributed by atoms with Crippen LogP contribution >= 0.6 is 0 Å². The lowest BCUT2D eigenvalue weighted by Gasteiger charge is -2.30. The van der Waals surface area contributed by atoms with Crippen LogP contribution in [0, 0.1) is 0 Å². The summed E-state index contributed by atoms with van der Waals surface area (Å²) in [5.41, 5.74) is 4.91. The van der Waals surface area contributed by atoms with Crippen LogP contribution in [0.4, 0.5) is 5.69 Å². The molecule has 0 aliphatic rings. The Labute approximate surface area is 227 Å². The van der Waals surface area contributed by atoms with E-state index in [1.807, 2.05) is 0 Å². The number of para-hydroxylation sites is 2. The zero-order valence-electron chi connectivity index (χ0n) is 22.4. The van der Waals surface area contributed by atoms with Gasteiger partial charge in [-0.25, -0.2) is 9.35 Å². The van der Waals surface area contributed by atoms with Crippen LogP contribution in [-0.4, -0.2) is 9.35 Å². The van der Waals surface area contributed by atoms with E-state index in [9.17, 15) is 0 Å². The first kappa shape index (κ1) is 22.2. The topological polar surface area (TPSA) is 13.1 Å². The molecule has 0 fully saturated rings. The Morgan fingerprint density at radius 2 is 1.00 bits per heavy atom. The molecule has 8 rings (SSSR count). The summed E-state index contributed by atoms with van der Waals surface area (Å²) < 4.78 is 4.54. The van der Waals surface area contributed by atoms with Crippen molar-refractivity contribution in [3.8, 4) is 0 Å². The Morgan fingerprint density at radius 3 is 1.62 bits per heavy atom. The fraction of sp³-hybridized carbons (Fsp3) is 0.111. The lowest BCUT2D eigenvalue weighted by atomic mass is 9.81. The molecule has 39 heavy (non-hydrogen) atoms. The number of benzene rings is 6. The highest BCUT2D eigenvalue weighted by atomic mass is 15.8. The molecular weight excluding hydrogens is 474 g/mol. The van der Waals surface area contributed by atoms with Gasteiger partial charge in [0.05, 0.1) is 16.7 Å². The van der Waals surface area contributed by atoms with Gasteiger partial charge < -0.3 is 0 Å². The summed E-state index contributed by atoms with van der Waals surface area (Å²) >= 11 is 0. The molecule has 3 heteroatoms. The number of aromatic nitrogens is 2. The van der Waals surface area contributed by atoms with Gasteiger partial charge in [0, 0.05) is 28.6 Å². The Hall–Kier alpha value is -4.76. The minimum atomic E-state index is 0.0608. The number of rotatable bonds is 3. The average Bonchev–Trinajstić information content (AvgIpc) is 3.57. The van der Waals surface area contributed by atoms with Crippen LogP contribution in [0.15, 0.2) is 122 Å². The number of fused-ring (bicyclic) bond motifs is 2. The summed E-state index contributed by atoms with van der Waals surface area (Å²) in [4.78, 5) is 0. The second kappa shape index (κ2) is 7.87. The maximum atomic E-state index is 2.32. The monoisotopic (exact) mass is 503 g/mol. The molecule has 0 saturated carbocycles. The van der Waals surface area contributed by atoms with E-state index in [4.69, 9.17) is 0 Å². The highest BCUT2D eigenvalue weighted by Crippen LogP contribution is 2.43. The molecule has 188 valence electrons. The number of nitrogens with zero attached hydrogens (tertiary/aromatic N) is 3. The molecule has 0 N–H and O–H groups in total. The van der Waals surface area contributed by atoms with Crippen molar-refractivity contribution in [1.82, 2.24) is 9.35 Å². The summed E-state index contributed by atoms with van der Waals surface area (Å²) in [5.74, 6) is 0. The van der Waals surface area contributed by atoms with Crippen molar-refractivity contribution in [1.29, 1.82) is 0 Å². The zero-order chi connectivity index (χ0) is 26.3. The summed E-state index contributed by atoms with van der Waals surface area (Å²) in [7, 11) is 0. The number of hydrogen-bond donors (Lipinski definition) is 0. The van der Waals surface area contributed by atoms with E-state index in [0.717, 1.165) is 16.7 Å². The van der Waals surface area contributed by atoms with Gasteiger partial charge in [-0.2, -0.15) is 5.12 Å². The van der Waals surface area contributed by atoms with Crippen molar-refractivity contribution >= 4 is 59.8 Å². The van der Waals surface area contributed by atoms with Gasteiger partial charge in [0.25, 0.3) is 0 Å². The minimum absolute atomic E-state index is 0.0608. The molecule has 3 nitrogen and oxygen atoms in total. The van der Waals surface area contributed by atoms with Crippen LogP contribution in [0.5, 0.6) is 0 Å². The maximum Gasteiger partial charge on any atom is 0.0903 e. The van der Waals surface area contributed by atoms with Gasteiger partial charge in [0.1, 0.15) is 0 Å². The van der Waals surface area contributed by atoms with E-state index in [1.54, 1.807) is 0 Å². The molecule has 8 aromatic rings. The maximum absolute atomic E-state index is 2.32. The van der Waals surface area contributed by atoms with Crippen LogP contribution in [0.25, 0.3) is 54.1 Å². The molecule has 0 spiro atoms. The molecule has 0 unspecified atom stereocenters. The van der Waals surface area contributed by atoms with Crippen LogP contribution in [0.1, 0.15) is 26.3 Å². The van der Waals surface area contributed by atoms with E-state index >= 15 is 0 Å². The fourth-order valence-corrected chi connectivity index (χ4v) is 6.42. The quantitative estimate of drug-likeness (QED) is 0.219. The van der Waals surface area contributed by atoms with Gasteiger partial charge in [0.15, 0.2) is 0 Å². The Bertz CT molecular complexity index is 2100. The van der Waals surface area contributed by atoms with Crippen LogP contribution in [0.2, 0.25) is 0 Å². The highest BCUT2D eigenvalue weighted by molar-refractivity contribution is 6.26. The third-order valence-corrected chi connectivity index (χ3v) is 8.23. The molecule has 0 aliphatic heterocycles. The van der Waals surface area contributed by atoms with Gasteiger partial charge in [0.2, 0.25) is 0 Å². The molecule has 6 aromatic carbocycles. The smallest absolute Gasteiger partial charge is 0.0903 e. The minimum Gasteiger partial charge on any atom is -0.241 e. The SMILES string of the molecule is CC(C)(C)c1ccc2ccc3c(N(n4ccc5ccccc54)n4ccc5ccccc54)ccc4ccc1c2c43. The normalized spacial score (nSPS) is 12.5. The first-order valence-electron chi connectivity index (χ1n) is 13.6. The third-order valence-electron chi connectivity index (χ3n) is 8.23. The number of anilines is 1. The van der Waals surface area contributed by atoms with Gasteiger partial charge >= 0.3 is 0 Å². The molecule has 0 saturated heterocycles. The first-order chi connectivity index (χ1) is 19.0. The van der Waals surface area contributed by atoms with Crippen LogP contribution < -0.4 is 5.12 Å². The fourth-order valence-electron chi connectivity index (χ4n) is 6.42. The second-order valence-corrected chi connectivity index (χ2v) is 11.6. The summed E-state index contributed by atoms with van der Waals surface area (Å²) in [6, 6.07) is 39.9. The van der Waals surface area contributed by atoms with Crippen molar-refractivity contribution < 1.29 is 0 Å². The Kier molecular flexibility index (Phi) is 4.49. The third kappa shape index (κ3) is 3.17. The largest absolute Gasteiger partial charge is 0.241 e.